The molecule has 1 aromatic carbocycles. The number of carbonyl (C=O) groups is 3. The minimum absolute atomic E-state index is 0.213. The maximum Gasteiger partial charge on any atom is 0.243 e. The zero-order valence-electron chi connectivity index (χ0n) is 19.7. The first-order valence-corrected chi connectivity index (χ1v) is 12.3. The number of likely N-dealkylation sites (N-methyl/N-ethyl adjacent to an activating group) is 1. The van der Waals surface area contributed by atoms with Gasteiger partial charge in [0.1, 0.15) is 6.29 Å². The lowest BCUT2D eigenvalue weighted by Gasteiger charge is -2.37. The van der Waals surface area contributed by atoms with Gasteiger partial charge < -0.3 is 10.2 Å². The summed E-state index contributed by atoms with van der Waals surface area (Å²) in [5, 5.41) is 5.86. The Morgan fingerprint density at radius 1 is 1.09 bits per heavy atom. The average molecular weight is 456 g/mol. The number of benzene rings is 1. The number of rotatable bonds is 8. The van der Waals surface area contributed by atoms with Crippen LogP contribution >= 0.6 is 0 Å². The number of hydrogen-bond donors (Lipinski definition) is 2. The van der Waals surface area contributed by atoms with Crippen molar-refractivity contribution in [1.29, 1.82) is 0 Å². The molecule has 33 heavy (non-hydrogen) atoms. The molecule has 1 atom stereocenters. The van der Waals surface area contributed by atoms with E-state index in [1.54, 1.807) is 0 Å². The fourth-order valence-electron chi connectivity index (χ4n) is 5.29. The lowest BCUT2D eigenvalue weighted by Crippen LogP contribution is -2.51. The number of imide groups is 1. The van der Waals surface area contributed by atoms with Crippen molar-refractivity contribution >= 4 is 23.8 Å². The Hall–Kier alpha value is -2.29. The van der Waals surface area contributed by atoms with E-state index in [-0.39, 0.29) is 17.9 Å². The van der Waals surface area contributed by atoms with Gasteiger partial charge in [-0.3, -0.25) is 29.5 Å². The zero-order chi connectivity index (χ0) is 23.2. The second kappa shape index (κ2) is 11.2. The molecule has 3 heterocycles. The van der Waals surface area contributed by atoms with Crippen LogP contribution in [0.1, 0.15) is 48.0 Å². The predicted octanol–water partition coefficient (Wildman–Crippen LogP) is 1.25. The number of piperazine rings is 1. The molecule has 0 spiro atoms. The third kappa shape index (κ3) is 6.19. The van der Waals surface area contributed by atoms with E-state index in [0.717, 1.165) is 62.7 Å². The van der Waals surface area contributed by atoms with Gasteiger partial charge in [0, 0.05) is 50.4 Å². The largest absolute Gasteiger partial charge is 0.369 e. The lowest BCUT2D eigenvalue weighted by molar-refractivity contribution is -0.137. The Morgan fingerprint density at radius 3 is 2.55 bits per heavy atom. The first-order valence-electron chi connectivity index (χ1n) is 12.3. The van der Waals surface area contributed by atoms with Crippen molar-refractivity contribution in [3.05, 3.63) is 29.3 Å². The summed E-state index contributed by atoms with van der Waals surface area (Å²) in [4.78, 5) is 42.3. The van der Waals surface area contributed by atoms with Gasteiger partial charge in [-0.1, -0.05) is 0 Å². The molecule has 0 radical (unpaired) electrons. The highest BCUT2D eigenvalue weighted by Gasteiger charge is 2.30. The number of anilines is 1. The highest BCUT2D eigenvalue weighted by molar-refractivity contribution is 6.00. The third-order valence-corrected chi connectivity index (χ3v) is 7.47. The summed E-state index contributed by atoms with van der Waals surface area (Å²) in [6.45, 7) is 8.09. The molecule has 0 bridgehead atoms. The van der Waals surface area contributed by atoms with E-state index in [1.165, 1.54) is 25.8 Å². The molecule has 8 heteroatoms. The summed E-state index contributed by atoms with van der Waals surface area (Å²) >= 11 is 0. The van der Waals surface area contributed by atoms with Gasteiger partial charge >= 0.3 is 0 Å². The first-order chi connectivity index (χ1) is 16.0. The molecule has 0 aromatic heterocycles. The number of aldehydes is 1. The van der Waals surface area contributed by atoms with E-state index in [1.807, 2.05) is 24.1 Å². The molecule has 3 aliphatic rings. The van der Waals surface area contributed by atoms with E-state index in [0.29, 0.717) is 24.9 Å². The predicted molar refractivity (Wildman–Crippen MR) is 128 cm³/mol. The number of carbonyl (C=O) groups excluding carboxylic acids is 3. The van der Waals surface area contributed by atoms with Crippen LogP contribution in [0.4, 0.5) is 5.69 Å². The second-order valence-corrected chi connectivity index (χ2v) is 9.69. The summed E-state index contributed by atoms with van der Waals surface area (Å²) in [5.41, 5.74) is 2.70. The molecule has 180 valence electrons. The quantitative estimate of drug-likeness (QED) is 0.451. The maximum absolute atomic E-state index is 12.2. The van der Waals surface area contributed by atoms with E-state index < -0.39 is 0 Å². The monoisotopic (exact) mass is 455 g/mol. The molecule has 0 saturated carbocycles. The fourth-order valence-corrected chi connectivity index (χ4v) is 5.29. The van der Waals surface area contributed by atoms with Crippen molar-refractivity contribution in [2.75, 3.05) is 57.8 Å². The molecule has 8 nitrogen and oxygen atoms in total. The van der Waals surface area contributed by atoms with Crippen LogP contribution in [0.5, 0.6) is 0 Å². The third-order valence-electron chi connectivity index (χ3n) is 7.47. The summed E-state index contributed by atoms with van der Waals surface area (Å²) in [5.74, 6) is 0.400. The first kappa shape index (κ1) is 23.9. The summed E-state index contributed by atoms with van der Waals surface area (Å²) in [7, 11) is 1.88. The fraction of sp³-hybridized carbons (Fsp3) is 0.640. The normalized spacial score (nSPS) is 23.1. The van der Waals surface area contributed by atoms with Crippen molar-refractivity contribution in [2.45, 2.75) is 44.7 Å². The minimum Gasteiger partial charge on any atom is -0.369 e. The van der Waals surface area contributed by atoms with Gasteiger partial charge in [-0.2, -0.15) is 0 Å². The van der Waals surface area contributed by atoms with Gasteiger partial charge in [-0.25, -0.2) is 0 Å². The van der Waals surface area contributed by atoms with Crippen molar-refractivity contribution in [3.8, 4) is 0 Å². The molecule has 2 amide bonds. The Bertz CT molecular complexity index is 846. The van der Waals surface area contributed by atoms with Crippen LogP contribution in [0.2, 0.25) is 0 Å². The average Bonchev–Trinajstić information content (AvgIpc) is 2.83. The maximum atomic E-state index is 12.2. The van der Waals surface area contributed by atoms with Gasteiger partial charge in [0.05, 0.1) is 6.04 Å². The molecule has 1 aromatic rings. The van der Waals surface area contributed by atoms with E-state index in [2.05, 4.69) is 26.5 Å². The van der Waals surface area contributed by atoms with Crippen LogP contribution in [0.3, 0.4) is 0 Å². The van der Waals surface area contributed by atoms with Crippen LogP contribution in [0, 0.1) is 5.92 Å². The zero-order valence-corrected chi connectivity index (χ0v) is 19.7. The van der Waals surface area contributed by atoms with Crippen LogP contribution in [0.15, 0.2) is 18.2 Å². The second-order valence-electron chi connectivity index (χ2n) is 9.69. The molecule has 2 N–H and O–H groups in total. The summed E-state index contributed by atoms with van der Waals surface area (Å²) in [6.07, 6.45) is 5.65. The number of nitrogens with one attached hydrogen (secondary N) is 2. The lowest BCUT2D eigenvalue weighted by atomic mass is 9.94. The van der Waals surface area contributed by atoms with Crippen molar-refractivity contribution < 1.29 is 14.4 Å². The molecule has 3 aliphatic heterocycles. The number of hydrogen-bond acceptors (Lipinski definition) is 7. The molecule has 0 aliphatic carbocycles. The molecule has 4 rings (SSSR count). The highest BCUT2D eigenvalue weighted by Crippen LogP contribution is 2.24. The Labute approximate surface area is 196 Å². The summed E-state index contributed by atoms with van der Waals surface area (Å²) in [6, 6.07) is 5.66. The minimum atomic E-state index is -0.352. The van der Waals surface area contributed by atoms with E-state index in [9.17, 15) is 14.4 Å². The SMILES string of the molecule is CN(Cc1cc(N2CCN(CCC3CCNCC3)CC2)ccc1C=O)C1CCC(=O)NC1=O. The van der Waals surface area contributed by atoms with E-state index in [4.69, 9.17) is 0 Å². The number of piperidine rings is 2. The Kier molecular flexibility index (Phi) is 8.11. The molecule has 1 unspecified atom stereocenters. The Balaban J connectivity index is 1.33. The van der Waals surface area contributed by atoms with Crippen LogP contribution in [-0.4, -0.2) is 86.8 Å². The molecular weight excluding hydrogens is 418 g/mol. The van der Waals surface area contributed by atoms with Crippen LogP contribution < -0.4 is 15.5 Å². The summed E-state index contributed by atoms with van der Waals surface area (Å²) < 4.78 is 0. The smallest absolute Gasteiger partial charge is 0.243 e. The van der Waals surface area contributed by atoms with Crippen LogP contribution in [0.25, 0.3) is 0 Å². The standard InChI is InChI=1S/C25H37N5O3/c1-28(23-4-5-24(32)27-25(23)33)17-21-16-22(3-2-20(21)18-31)30-14-12-29(13-15-30)11-8-19-6-9-26-10-7-19/h2-3,16,18-19,23,26H,4-15,17H2,1H3,(H,27,32,33). The van der Waals surface area contributed by atoms with Gasteiger partial charge in [0.2, 0.25) is 11.8 Å². The number of nitrogens with zero attached hydrogens (tertiary/aromatic N) is 3. The van der Waals surface area contributed by atoms with E-state index >= 15 is 0 Å². The molecular formula is C25H37N5O3. The van der Waals surface area contributed by atoms with Gasteiger partial charge in [-0.05, 0) is 82.0 Å². The van der Waals surface area contributed by atoms with Gasteiger partial charge in [0.15, 0.2) is 0 Å². The van der Waals surface area contributed by atoms with Crippen molar-refractivity contribution in [3.63, 3.8) is 0 Å². The highest BCUT2D eigenvalue weighted by atomic mass is 16.2. The van der Waals surface area contributed by atoms with Crippen LogP contribution in [-0.2, 0) is 16.1 Å². The Morgan fingerprint density at radius 2 is 1.85 bits per heavy atom. The molecule has 3 saturated heterocycles. The van der Waals surface area contributed by atoms with Gasteiger partial charge in [0.25, 0.3) is 0 Å². The van der Waals surface area contributed by atoms with Gasteiger partial charge in [-0.15, -0.1) is 0 Å². The van der Waals surface area contributed by atoms with Crippen molar-refractivity contribution in [1.82, 2.24) is 20.4 Å². The number of amides is 2. The topological polar surface area (TPSA) is 85.0 Å². The molecule has 3 fully saturated rings. The van der Waals surface area contributed by atoms with Crippen molar-refractivity contribution in [2.24, 2.45) is 5.92 Å².